The average Bonchev–Trinajstić information content (AvgIpc) is 2.76. The normalized spacial score (nSPS) is 10.6. The summed E-state index contributed by atoms with van der Waals surface area (Å²) in [6, 6.07) is 8.17. The Hall–Kier alpha value is -2.10. The van der Waals surface area contributed by atoms with Crippen molar-refractivity contribution in [2.45, 2.75) is 40.0 Å². The topological polar surface area (TPSA) is 55.1 Å². The minimum absolute atomic E-state index is 0.0761. The predicted octanol–water partition coefficient (Wildman–Crippen LogP) is 2.89. The molecule has 21 heavy (non-hydrogen) atoms. The summed E-state index contributed by atoms with van der Waals surface area (Å²) in [5, 5.41) is 2.93. The molecule has 0 atom stereocenters. The predicted molar refractivity (Wildman–Crippen MR) is 82.2 cm³/mol. The lowest BCUT2D eigenvalue weighted by atomic mass is 10.0. The van der Waals surface area contributed by atoms with Crippen molar-refractivity contribution in [3.8, 4) is 0 Å². The number of nitrogens with one attached hydrogen (secondary N) is 1. The lowest BCUT2D eigenvalue weighted by molar-refractivity contribution is -0.121. The summed E-state index contributed by atoms with van der Waals surface area (Å²) >= 11 is 0. The molecular formula is C17H22N2O2. The van der Waals surface area contributed by atoms with Gasteiger partial charge in [-0.25, -0.2) is 4.98 Å². The van der Waals surface area contributed by atoms with Crippen LogP contribution in [0.3, 0.4) is 0 Å². The number of benzene rings is 1. The van der Waals surface area contributed by atoms with Gasteiger partial charge >= 0.3 is 0 Å². The van der Waals surface area contributed by atoms with Crippen molar-refractivity contribution in [1.82, 2.24) is 10.3 Å². The second-order valence-corrected chi connectivity index (χ2v) is 5.27. The molecule has 0 unspecified atom stereocenters. The van der Waals surface area contributed by atoms with Gasteiger partial charge in [0, 0.05) is 26.3 Å². The number of carbonyl (C=O) groups is 1. The Balaban J connectivity index is 1.73. The zero-order valence-corrected chi connectivity index (χ0v) is 12.9. The average molecular weight is 286 g/mol. The van der Waals surface area contributed by atoms with Crippen molar-refractivity contribution in [1.29, 1.82) is 0 Å². The number of aryl methyl sites for hydroxylation is 4. The monoisotopic (exact) mass is 286 g/mol. The molecule has 0 saturated carbocycles. The van der Waals surface area contributed by atoms with Crippen LogP contribution < -0.4 is 5.32 Å². The number of nitrogens with zero attached hydrogens (tertiary/aromatic N) is 1. The summed E-state index contributed by atoms with van der Waals surface area (Å²) < 4.78 is 5.48. The fourth-order valence-corrected chi connectivity index (χ4v) is 2.35. The summed E-state index contributed by atoms with van der Waals surface area (Å²) in [6.45, 7) is 6.41. The Morgan fingerprint density at radius 2 is 1.95 bits per heavy atom. The summed E-state index contributed by atoms with van der Waals surface area (Å²) in [6.07, 6.45) is 1.97. The van der Waals surface area contributed by atoms with Crippen LogP contribution in [0.5, 0.6) is 0 Å². The first-order chi connectivity index (χ1) is 10.1. The van der Waals surface area contributed by atoms with Crippen LogP contribution in [0.15, 0.2) is 28.7 Å². The number of amides is 1. The number of hydrogen-bond donors (Lipinski definition) is 1. The molecule has 0 radical (unpaired) electrons. The van der Waals surface area contributed by atoms with Gasteiger partial charge in [0.15, 0.2) is 5.89 Å². The molecule has 112 valence electrons. The number of carbonyl (C=O) groups excluding carboxylic acids is 1. The van der Waals surface area contributed by atoms with Gasteiger partial charge in [0.2, 0.25) is 5.91 Å². The quantitative estimate of drug-likeness (QED) is 0.888. The van der Waals surface area contributed by atoms with Gasteiger partial charge < -0.3 is 9.73 Å². The van der Waals surface area contributed by atoms with Crippen LogP contribution >= 0.6 is 0 Å². The lowest BCUT2D eigenvalue weighted by Crippen LogP contribution is -2.26. The molecule has 1 heterocycles. The van der Waals surface area contributed by atoms with Gasteiger partial charge in [-0.2, -0.15) is 0 Å². The standard InChI is InChI=1S/C17H22N2O2/c1-12-6-4-5-7-15(12)8-9-17(20)18-11-10-16-13(2)19-14(3)21-16/h4-7H,8-11H2,1-3H3,(H,18,20). The number of rotatable bonds is 6. The molecule has 4 heteroatoms. The van der Waals surface area contributed by atoms with E-state index in [0.29, 0.717) is 25.3 Å². The Labute approximate surface area is 125 Å². The molecule has 0 spiro atoms. The van der Waals surface area contributed by atoms with Crippen LogP contribution in [0, 0.1) is 20.8 Å². The Kier molecular flexibility index (Phi) is 5.14. The molecule has 0 bridgehead atoms. The molecule has 0 saturated heterocycles. The van der Waals surface area contributed by atoms with Crippen molar-refractivity contribution in [3.05, 3.63) is 52.7 Å². The van der Waals surface area contributed by atoms with Crippen LogP contribution in [0.25, 0.3) is 0 Å². The third kappa shape index (κ3) is 4.45. The molecule has 0 fully saturated rings. The molecule has 1 N–H and O–H groups in total. The maximum absolute atomic E-state index is 11.9. The van der Waals surface area contributed by atoms with Crippen LogP contribution in [-0.2, 0) is 17.6 Å². The first-order valence-electron chi connectivity index (χ1n) is 7.30. The van der Waals surface area contributed by atoms with E-state index in [1.54, 1.807) is 0 Å². The molecule has 4 nitrogen and oxygen atoms in total. The minimum atomic E-state index is 0.0761. The Morgan fingerprint density at radius 3 is 2.62 bits per heavy atom. The SMILES string of the molecule is Cc1nc(C)c(CCNC(=O)CCc2ccccc2C)o1. The molecular weight excluding hydrogens is 264 g/mol. The van der Waals surface area contributed by atoms with Gasteiger partial charge in [-0.15, -0.1) is 0 Å². The van der Waals surface area contributed by atoms with Gasteiger partial charge in [0.25, 0.3) is 0 Å². The van der Waals surface area contributed by atoms with E-state index >= 15 is 0 Å². The zero-order valence-electron chi connectivity index (χ0n) is 12.9. The molecule has 0 aliphatic carbocycles. The Morgan fingerprint density at radius 1 is 1.19 bits per heavy atom. The summed E-state index contributed by atoms with van der Waals surface area (Å²) in [4.78, 5) is 16.1. The van der Waals surface area contributed by atoms with Gasteiger partial charge in [-0.3, -0.25) is 4.79 Å². The third-order valence-corrected chi connectivity index (χ3v) is 3.56. The maximum atomic E-state index is 11.9. The van der Waals surface area contributed by atoms with Crippen molar-refractivity contribution in [3.63, 3.8) is 0 Å². The fraction of sp³-hybridized carbons (Fsp3) is 0.412. The number of hydrogen-bond acceptors (Lipinski definition) is 3. The van der Waals surface area contributed by atoms with E-state index in [0.717, 1.165) is 17.9 Å². The highest BCUT2D eigenvalue weighted by molar-refractivity contribution is 5.76. The highest BCUT2D eigenvalue weighted by Gasteiger charge is 2.08. The molecule has 2 aromatic rings. The molecule has 1 aromatic carbocycles. The van der Waals surface area contributed by atoms with Crippen LogP contribution in [0.2, 0.25) is 0 Å². The van der Waals surface area contributed by atoms with Crippen LogP contribution in [0.4, 0.5) is 0 Å². The summed E-state index contributed by atoms with van der Waals surface area (Å²) in [5.41, 5.74) is 3.37. The van der Waals surface area contributed by atoms with Gasteiger partial charge in [0.05, 0.1) is 5.69 Å². The maximum Gasteiger partial charge on any atom is 0.220 e. The third-order valence-electron chi connectivity index (χ3n) is 3.56. The fourth-order valence-electron chi connectivity index (χ4n) is 2.35. The Bertz CT molecular complexity index is 617. The van der Waals surface area contributed by atoms with Crippen LogP contribution in [-0.4, -0.2) is 17.4 Å². The van der Waals surface area contributed by atoms with Crippen molar-refractivity contribution < 1.29 is 9.21 Å². The van der Waals surface area contributed by atoms with Crippen molar-refractivity contribution >= 4 is 5.91 Å². The van der Waals surface area contributed by atoms with Gasteiger partial charge in [-0.05, 0) is 31.4 Å². The zero-order chi connectivity index (χ0) is 15.2. The minimum Gasteiger partial charge on any atom is -0.446 e. The summed E-state index contributed by atoms with van der Waals surface area (Å²) in [7, 11) is 0. The van der Waals surface area contributed by atoms with Crippen molar-refractivity contribution in [2.24, 2.45) is 0 Å². The van der Waals surface area contributed by atoms with E-state index in [1.807, 2.05) is 26.0 Å². The van der Waals surface area contributed by atoms with E-state index in [4.69, 9.17) is 4.42 Å². The molecule has 0 aliphatic heterocycles. The van der Waals surface area contributed by atoms with E-state index < -0.39 is 0 Å². The smallest absolute Gasteiger partial charge is 0.220 e. The first kappa shape index (κ1) is 15.3. The second-order valence-electron chi connectivity index (χ2n) is 5.27. The largest absolute Gasteiger partial charge is 0.446 e. The summed E-state index contributed by atoms with van der Waals surface area (Å²) in [5.74, 6) is 1.60. The highest BCUT2D eigenvalue weighted by Crippen LogP contribution is 2.10. The van der Waals surface area contributed by atoms with Gasteiger partial charge in [-0.1, -0.05) is 24.3 Å². The van der Waals surface area contributed by atoms with E-state index in [2.05, 4.69) is 29.4 Å². The number of aromatic nitrogens is 1. The van der Waals surface area contributed by atoms with E-state index in [9.17, 15) is 4.79 Å². The van der Waals surface area contributed by atoms with Crippen LogP contribution in [0.1, 0.15) is 34.9 Å². The highest BCUT2D eigenvalue weighted by atomic mass is 16.4. The molecule has 1 amide bonds. The molecule has 2 rings (SSSR count). The van der Waals surface area contributed by atoms with E-state index in [1.165, 1.54) is 11.1 Å². The molecule has 1 aromatic heterocycles. The van der Waals surface area contributed by atoms with Gasteiger partial charge in [0.1, 0.15) is 5.76 Å². The lowest BCUT2D eigenvalue weighted by Gasteiger charge is -2.06. The van der Waals surface area contributed by atoms with E-state index in [-0.39, 0.29) is 5.91 Å². The number of oxazole rings is 1. The second kappa shape index (κ2) is 7.07. The first-order valence-corrected chi connectivity index (χ1v) is 7.30. The molecule has 0 aliphatic rings. The van der Waals surface area contributed by atoms with Crippen molar-refractivity contribution in [2.75, 3.05) is 6.54 Å².